The maximum atomic E-state index is 10.2. The first-order chi connectivity index (χ1) is 9.07. The van der Waals surface area contributed by atoms with Crippen LogP contribution in [0.25, 0.3) is 0 Å². The first-order valence-electron chi connectivity index (χ1n) is 6.59. The van der Waals surface area contributed by atoms with Crippen molar-refractivity contribution in [3.05, 3.63) is 27.7 Å². The smallest absolute Gasteiger partial charge is 0.133 e. The van der Waals surface area contributed by atoms with Crippen molar-refractivity contribution >= 4 is 27.5 Å². The van der Waals surface area contributed by atoms with Crippen LogP contribution in [0.15, 0.2) is 22.7 Å². The highest BCUT2D eigenvalue weighted by Crippen LogP contribution is 2.44. The summed E-state index contributed by atoms with van der Waals surface area (Å²) in [7, 11) is 0. The second-order valence-electron chi connectivity index (χ2n) is 5.51. The Balaban J connectivity index is 1.42. The number of likely N-dealkylation sites (tertiary alicyclic amines) is 1. The SMILES string of the molecule is OC1(C2CC2)CN(CCOc2ccc(Cl)cc2Br)C1. The molecule has 0 spiro atoms. The van der Waals surface area contributed by atoms with Crippen LogP contribution in [-0.2, 0) is 0 Å². The third-order valence-corrected chi connectivity index (χ3v) is 4.75. The number of halogens is 2. The summed E-state index contributed by atoms with van der Waals surface area (Å²) in [5, 5.41) is 10.9. The van der Waals surface area contributed by atoms with Crippen LogP contribution in [0.4, 0.5) is 0 Å². The highest BCUT2D eigenvalue weighted by molar-refractivity contribution is 9.10. The number of hydrogen-bond acceptors (Lipinski definition) is 3. The van der Waals surface area contributed by atoms with Gasteiger partial charge in [-0.05, 0) is 52.9 Å². The fraction of sp³-hybridized carbons (Fsp3) is 0.571. The van der Waals surface area contributed by atoms with Crippen molar-refractivity contribution in [2.45, 2.75) is 18.4 Å². The molecule has 3 nitrogen and oxygen atoms in total. The molecular weight excluding hydrogens is 330 g/mol. The monoisotopic (exact) mass is 345 g/mol. The molecule has 1 aromatic rings. The van der Waals surface area contributed by atoms with E-state index in [1.807, 2.05) is 18.2 Å². The van der Waals surface area contributed by atoms with Gasteiger partial charge in [0.25, 0.3) is 0 Å². The topological polar surface area (TPSA) is 32.7 Å². The predicted octanol–water partition coefficient (Wildman–Crippen LogP) is 2.94. The van der Waals surface area contributed by atoms with Crippen molar-refractivity contribution in [3.8, 4) is 5.75 Å². The van der Waals surface area contributed by atoms with E-state index in [9.17, 15) is 5.11 Å². The molecule has 1 saturated heterocycles. The van der Waals surface area contributed by atoms with Gasteiger partial charge in [-0.2, -0.15) is 0 Å². The zero-order valence-electron chi connectivity index (χ0n) is 10.6. The molecule has 1 N–H and O–H groups in total. The van der Waals surface area contributed by atoms with E-state index in [-0.39, 0.29) is 0 Å². The molecule has 2 aliphatic rings. The molecule has 1 aromatic carbocycles. The van der Waals surface area contributed by atoms with E-state index >= 15 is 0 Å². The van der Waals surface area contributed by atoms with Gasteiger partial charge in [0.15, 0.2) is 0 Å². The lowest BCUT2D eigenvalue weighted by atomic mass is 9.89. The maximum Gasteiger partial charge on any atom is 0.133 e. The molecule has 2 fully saturated rings. The highest BCUT2D eigenvalue weighted by Gasteiger charge is 2.51. The first-order valence-corrected chi connectivity index (χ1v) is 7.76. The number of ether oxygens (including phenoxy) is 1. The molecule has 1 saturated carbocycles. The van der Waals surface area contributed by atoms with Gasteiger partial charge >= 0.3 is 0 Å². The highest BCUT2D eigenvalue weighted by atomic mass is 79.9. The summed E-state index contributed by atoms with van der Waals surface area (Å²) in [5.41, 5.74) is -0.402. The van der Waals surface area contributed by atoms with Gasteiger partial charge in [-0.3, -0.25) is 4.90 Å². The summed E-state index contributed by atoms with van der Waals surface area (Å²) in [5.74, 6) is 1.36. The number of hydrogen-bond donors (Lipinski definition) is 1. The summed E-state index contributed by atoms with van der Waals surface area (Å²) in [6, 6.07) is 5.51. The van der Waals surface area contributed by atoms with E-state index < -0.39 is 5.60 Å². The lowest BCUT2D eigenvalue weighted by Gasteiger charge is -2.47. The summed E-state index contributed by atoms with van der Waals surface area (Å²) >= 11 is 9.31. The third-order valence-electron chi connectivity index (χ3n) is 3.89. The molecule has 3 rings (SSSR count). The Morgan fingerprint density at radius 2 is 2.16 bits per heavy atom. The molecule has 1 aliphatic heterocycles. The fourth-order valence-electron chi connectivity index (χ4n) is 2.64. The molecule has 1 aliphatic carbocycles. The molecule has 0 unspecified atom stereocenters. The van der Waals surface area contributed by atoms with E-state index in [0.717, 1.165) is 29.9 Å². The van der Waals surface area contributed by atoms with Crippen LogP contribution in [0.3, 0.4) is 0 Å². The van der Waals surface area contributed by atoms with Crippen molar-refractivity contribution in [2.24, 2.45) is 5.92 Å². The van der Waals surface area contributed by atoms with E-state index in [2.05, 4.69) is 20.8 Å². The van der Waals surface area contributed by atoms with Crippen LogP contribution in [0, 0.1) is 5.92 Å². The first kappa shape index (κ1) is 13.7. The summed E-state index contributed by atoms with van der Waals surface area (Å²) in [4.78, 5) is 2.24. The number of β-amino-alcohol motifs (C(OH)–C–C–N with tert-alkyl or cyclic N) is 1. The number of benzene rings is 1. The lowest BCUT2D eigenvalue weighted by Crippen LogP contribution is -2.63. The van der Waals surface area contributed by atoms with Crippen molar-refractivity contribution in [2.75, 3.05) is 26.2 Å². The molecule has 0 aromatic heterocycles. The molecule has 19 heavy (non-hydrogen) atoms. The Bertz CT molecular complexity index is 473. The van der Waals surface area contributed by atoms with Crippen molar-refractivity contribution < 1.29 is 9.84 Å². The molecule has 0 atom stereocenters. The van der Waals surface area contributed by atoms with Gasteiger partial charge in [0.1, 0.15) is 12.4 Å². The summed E-state index contributed by atoms with van der Waals surface area (Å²) in [6.07, 6.45) is 2.39. The fourth-order valence-corrected chi connectivity index (χ4v) is 3.44. The van der Waals surface area contributed by atoms with Crippen molar-refractivity contribution in [3.63, 3.8) is 0 Å². The number of rotatable bonds is 5. The Hall–Kier alpha value is -0.290. The van der Waals surface area contributed by atoms with E-state index in [1.165, 1.54) is 12.8 Å². The Morgan fingerprint density at radius 3 is 2.79 bits per heavy atom. The zero-order valence-corrected chi connectivity index (χ0v) is 13.0. The largest absolute Gasteiger partial charge is 0.491 e. The molecule has 0 amide bonds. The second-order valence-corrected chi connectivity index (χ2v) is 6.80. The van der Waals surface area contributed by atoms with E-state index in [4.69, 9.17) is 16.3 Å². The Morgan fingerprint density at radius 1 is 1.42 bits per heavy atom. The number of aliphatic hydroxyl groups is 1. The van der Waals surface area contributed by atoms with Crippen molar-refractivity contribution in [1.29, 1.82) is 0 Å². The van der Waals surface area contributed by atoms with Gasteiger partial charge in [-0.15, -0.1) is 0 Å². The minimum atomic E-state index is -0.402. The quantitative estimate of drug-likeness (QED) is 0.890. The summed E-state index contributed by atoms with van der Waals surface area (Å²) in [6.45, 7) is 3.07. The van der Waals surface area contributed by atoms with Crippen LogP contribution in [0.5, 0.6) is 5.75 Å². The Kier molecular flexibility index (Phi) is 3.78. The van der Waals surface area contributed by atoms with E-state index in [0.29, 0.717) is 17.5 Å². The summed E-state index contributed by atoms with van der Waals surface area (Å²) < 4.78 is 6.59. The van der Waals surface area contributed by atoms with Crippen LogP contribution < -0.4 is 4.74 Å². The van der Waals surface area contributed by atoms with Gasteiger partial charge in [0.05, 0.1) is 10.1 Å². The molecule has 5 heteroatoms. The minimum Gasteiger partial charge on any atom is -0.491 e. The van der Waals surface area contributed by atoms with Gasteiger partial charge < -0.3 is 9.84 Å². The Labute approximate surface area is 126 Å². The van der Waals surface area contributed by atoms with Crippen LogP contribution in [0.1, 0.15) is 12.8 Å². The molecule has 104 valence electrons. The molecule has 0 radical (unpaired) electrons. The van der Waals surface area contributed by atoms with Crippen LogP contribution >= 0.6 is 27.5 Å². The third kappa shape index (κ3) is 3.07. The predicted molar refractivity (Wildman–Crippen MR) is 78.8 cm³/mol. The average Bonchev–Trinajstić information content (AvgIpc) is 3.13. The normalized spacial score (nSPS) is 22.1. The second kappa shape index (κ2) is 5.24. The zero-order chi connectivity index (χ0) is 13.5. The molecule has 0 bridgehead atoms. The van der Waals surface area contributed by atoms with Crippen LogP contribution in [-0.4, -0.2) is 41.8 Å². The van der Waals surface area contributed by atoms with Gasteiger partial charge in [0.2, 0.25) is 0 Å². The van der Waals surface area contributed by atoms with Crippen molar-refractivity contribution in [1.82, 2.24) is 4.90 Å². The van der Waals surface area contributed by atoms with E-state index in [1.54, 1.807) is 0 Å². The van der Waals surface area contributed by atoms with Gasteiger partial charge in [-0.25, -0.2) is 0 Å². The average molecular weight is 347 g/mol. The van der Waals surface area contributed by atoms with Gasteiger partial charge in [0, 0.05) is 24.7 Å². The standard InChI is InChI=1S/C14H17BrClNO2/c15-12-7-11(16)3-4-13(12)19-6-5-17-8-14(18,9-17)10-1-2-10/h3-4,7,10,18H,1-2,5-6,8-9H2. The molecular formula is C14H17BrClNO2. The van der Waals surface area contributed by atoms with Crippen LogP contribution in [0.2, 0.25) is 5.02 Å². The van der Waals surface area contributed by atoms with Gasteiger partial charge in [-0.1, -0.05) is 11.6 Å². The minimum absolute atomic E-state index is 0.402. The maximum absolute atomic E-state index is 10.2. The molecule has 1 heterocycles. The lowest BCUT2D eigenvalue weighted by molar-refractivity contribution is -0.115. The number of nitrogens with zero attached hydrogens (tertiary/aromatic N) is 1.